The molecule has 1 aliphatic carbocycles. The van der Waals surface area contributed by atoms with Gasteiger partial charge < -0.3 is 15.7 Å². The van der Waals surface area contributed by atoms with E-state index in [2.05, 4.69) is 15.6 Å². The van der Waals surface area contributed by atoms with Gasteiger partial charge in [0.05, 0.1) is 11.5 Å². The van der Waals surface area contributed by atoms with E-state index in [1.54, 1.807) is 6.07 Å². The van der Waals surface area contributed by atoms with Crippen LogP contribution in [0.25, 0.3) is 0 Å². The highest BCUT2D eigenvalue weighted by Crippen LogP contribution is 2.45. The molecule has 1 saturated carbocycles. The molecule has 0 radical (unpaired) electrons. The van der Waals surface area contributed by atoms with Gasteiger partial charge in [0.1, 0.15) is 5.82 Å². The maximum Gasteiger partial charge on any atom is 0.311 e. The van der Waals surface area contributed by atoms with E-state index in [9.17, 15) is 15.2 Å². The number of nitrogens with one attached hydrogen (secondary N) is 2. The van der Waals surface area contributed by atoms with Crippen LogP contribution in [0.3, 0.4) is 0 Å². The van der Waals surface area contributed by atoms with Crippen molar-refractivity contribution in [1.82, 2.24) is 4.98 Å². The molecule has 0 amide bonds. The third-order valence-corrected chi connectivity index (χ3v) is 3.35. The Morgan fingerprint density at radius 1 is 1.47 bits per heavy atom. The van der Waals surface area contributed by atoms with Crippen LogP contribution in [0.1, 0.15) is 19.8 Å². The number of hydrogen-bond donors (Lipinski definition) is 3. The van der Waals surface area contributed by atoms with E-state index < -0.39 is 4.92 Å². The maximum absolute atomic E-state index is 11.0. The SMILES string of the molecule is CCNc1ccc([N+](=O)[O-])c(NCC2(CO)CC2)n1. The Labute approximate surface area is 111 Å². The summed E-state index contributed by atoms with van der Waals surface area (Å²) in [6, 6.07) is 3.03. The topological polar surface area (TPSA) is 100 Å². The van der Waals surface area contributed by atoms with Crippen molar-refractivity contribution < 1.29 is 10.0 Å². The van der Waals surface area contributed by atoms with E-state index in [1.165, 1.54) is 6.07 Å². The van der Waals surface area contributed by atoms with Gasteiger partial charge >= 0.3 is 5.69 Å². The van der Waals surface area contributed by atoms with Crippen molar-refractivity contribution in [1.29, 1.82) is 0 Å². The first kappa shape index (κ1) is 13.5. The summed E-state index contributed by atoms with van der Waals surface area (Å²) in [5, 5.41) is 26.2. The Hall–Kier alpha value is -1.89. The predicted molar refractivity (Wildman–Crippen MR) is 72.3 cm³/mol. The molecule has 7 heteroatoms. The molecule has 104 valence electrons. The van der Waals surface area contributed by atoms with E-state index in [4.69, 9.17) is 0 Å². The van der Waals surface area contributed by atoms with Gasteiger partial charge in [-0.15, -0.1) is 0 Å². The zero-order chi connectivity index (χ0) is 13.9. The molecule has 19 heavy (non-hydrogen) atoms. The number of anilines is 2. The Bertz CT molecular complexity index is 474. The third kappa shape index (κ3) is 3.11. The summed E-state index contributed by atoms with van der Waals surface area (Å²) >= 11 is 0. The van der Waals surface area contributed by atoms with E-state index in [0.717, 1.165) is 12.8 Å². The largest absolute Gasteiger partial charge is 0.396 e. The van der Waals surface area contributed by atoms with Crippen LogP contribution >= 0.6 is 0 Å². The first-order chi connectivity index (χ1) is 9.10. The van der Waals surface area contributed by atoms with Crippen LogP contribution in [0.15, 0.2) is 12.1 Å². The predicted octanol–water partition coefficient (Wildman–Crippen LogP) is 1.61. The van der Waals surface area contributed by atoms with Crippen molar-refractivity contribution in [3.8, 4) is 0 Å². The standard InChI is InChI=1S/C12H18N4O3/c1-2-13-10-4-3-9(16(18)19)11(15-10)14-7-12(8-17)5-6-12/h3-4,17H,2,5-8H2,1H3,(H2,13,14,15). The number of aliphatic hydroxyl groups excluding tert-OH is 1. The van der Waals surface area contributed by atoms with Gasteiger partial charge in [-0.2, -0.15) is 0 Å². The number of hydrogen-bond acceptors (Lipinski definition) is 6. The molecule has 1 aromatic heterocycles. The van der Waals surface area contributed by atoms with Gasteiger partial charge in [0.25, 0.3) is 0 Å². The zero-order valence-corrected chi connectivity index (χ0v) is 10.8. The van der Waals surface area contributed by atoms with Crippen molar-refractivity contribution in [2.24, 2.45) is 5.41 Å². The fourth-order valence-electron chi connectivity index (χ4n) is 1.85. The highest BCUT2D eigenvalue weighted by Gasteiger charge is 2.42. The van der Waals surface area contributed by atoms with Crippen LogP contribution in [-0.2, 0) is 0 Å². The molecule has 1 heterocycles. The average molecular weight is 266 g/mol. The molecular formula is C12H18N4O3. The summed E-state index contributed by atoms with van der Waals surface area (Å²) in [5.74, 6) is 0.854. The summed E-state index contributed by atoms with van der Waals surface area (Å²) < 4.78 is 0. The summed E-state index contributed by atoms with van der Waals surface area (Å²) in [7, 11) is 0. The van der Waals surface area contributed by atoms with Crippen LogP contribution in [0.5, 0.6) is 0 Å². The number of aliphatic hydroxyl groups is 1. The summed E-state index contributed by atoms with van der Waals surface area (Å²) in [6.45, 7) is 3.24. The minimum atomic E-state index is -0.455. The van der Waals surface area contributed by atoms with E-state index in [0.29, 0.717) is 18.9 Å². The van der Waals surface area contributed by atoms with Gasteiger partial charge in [0.15, 0.2) is 0 Å². The minimum absolute atomic E-state index is 0.0459. The molecule has 0 atom stereocenters. The van der Waals surface area contributed by atoms with E-state index in [-0.39, 0.29) is 23.5 Å². The van der Waals surface area contributed by atoms with Crippen molar-refractivity contribution in [2.45, 2.75) is 19.8 Å². The van der Waals surface area contributed by atoms with Gasteiger partial charge in [0.2, 0.25) is 5.82 Å². The number of nitro groups is 1. The van der Waals surface area contributed by atoms with Gasteiger partial charge in [-0.3, -0.25) is 10.1 Å². The molecule has 1 aromatic rings. The molecule has 1 fully saturated rings. The van der Waals surface area contributed by atoms with Crippen LogP contribution in [0.4, 0.5) is 17.3 Å². The van der Waals surface area contributed by atoms with Crippen LogP contribution in [0.2, 0.25) is 0 Å². The quantitative estimate of drug-likeness (QED) is 0.512. The monoisotopic (exact) mass is 266 g/mol. The Balaban J connectivity index is 2.15. The highest BCUT2D eigenvalue weighted by atomic mass is 16.6. The second-order valence-corrected chi connectivity index (χ2v) is 4.86. The third-order valence-electron chi connectivity index (χ3n) is 3.35. The molecule has 0 aromatic carbocycles. The summed E-state index contributed by atoms with van der Waals surface area (Å²) in [6.07, 6.45) is 1.88. The smallest absolute Gasteiger partial charge is 0.311 e. The maximum atomic E-state index is 11.0. The van der Waals surface area contributed by atoms with Crippen LogP contribution in [-0.4, -0.2) is 34.7 Å². The lowest BCUT2D eigenvalue weighted by Crippen LogP contribution is -2.20. The van der Waals surface area contributed by atoms with Crippen LogP contribution in [0, 0.1) is 15.5 Å². The molecule has 7 nitrogen and oxygen atoms in total. The fourth-order valence-corrected chi connectivity index (χ4v) is 1.85. The lowest BCUT2D eigenvalue weighted by molar-refractivity contribution is -0.384. The molecule has 0 aliphatic heterocycles. The van der Waals surface area contributed by atoms with Gasteiger partial charge in [-0.05, 0) is 25.8 Å². The van der Waals surface area contributed by atoms with Crippen LogP contribution < -0.4 is 10.6 Å². The normalized spacial score (nSPS) is 15.9. The van der Waals surface area contributed by atoms with E-state index in [1.807, 2.05) is 6.92 Å². The van der Waals surface area contributed by atoms with Crippen molar-refractivity contribution in [2.75, 3.05) is 30.3 Å². The number of nitrogens with zero attached hydrogens (tertiary/aromatic N) is 2. The second kappa shape index (κ2) is 5.40. The van der Waals surface area contributed by atoms with Gasteiger partial charge in [-0.25, -0.2) is 4.98 Å². The molecule has 0 saturated heterocycles. The summed E-state index contributed by atoms with van der Waals surface area (Å²) in [4.78, 5) is 14.7. The second-order valence-electron chi connectivity index (χ2n) is 4.86. The van der Waals surface area contributed by atoms with E-state index >= 15 is 0 Å². The van der Waals surface area contributed by atoms with Crippen molar-refractivity contribution in [3.05, 3.63) is 22.2 Å². The number of aromatic nitrogens is 1. The number of pyridine rings is 1. The van der Waals surface area contributed by atoms with Gasteiger partial charge in [-0.1, -0.05) is 0 Å². The molecule has 2 rings (SSSR count). The zero-order valence-electron chi connectivity index (χ0n) is 10.8. The first-order valence-corrected chi connectivity index (χ1v) is 6.34. The van der Waals surface area contributed by atoms with Crippen molar-refractivity contribution >= 4 is 17.3 Å². The molecule has 0 bridgehead atoms. The molecule has 0 unspecified atom stereocenters. The minimum Gasteiger partial charge on any atom is -0.396 e. The van der Waals surface area contributed by atoms with Crippen molar-refractivity contribution in [3.63, 3.8) is 0 Å². The lowest BCUT2D eigenvalue weighted by atomic mass is 10.1. The Kier molecular flexibility index (Phi) is 3.84. The fraction of sp³-hybridized carbons (Fsp3) is 0.583. The molecule has 0 spiro atoms. The highest BCUT2D eigenvalue weighted by molar-refractivity contribution is 5.60. The average Bonchev–Trinajstić information content (AvgIpc) is 3.17. The molecule has 3 N–H and O–H groups in total. The number of rotatable bonds is 7. The Morgan fingerprint density at radius 3 is 2.74 bits per heavy atom. The first-order valence-electron chi connectivity index (χ1n) is 6.34. The lowest BCUT2D eigenvalue weighted by Gasteiger charge is -2.14. The summed E-state index contributed by atoms with van der Waals surface area (Å²) in [5.41, 5.74) is -0.167. The molecular weight excluding hydrogens is 248 g/mol. The Morgan fingerprint density at radius 2 is 2.21 bits per heavy atom. The molecule has 1 aliphatic rings. The van der Waals surface area contributed by atoms with Gasteiger partial charge in [0, 0.05) is 24.6 Å².